The minimum Gasteiger partial charge on any atom is -0.478 e. The van der Waals surface area contributed by atoms with E-state index < -0.39 is 5.97 Å². The van der Waals surface area contributed by atoms with Crippen LogP contribution >= 0.6 is 0 Å². The van der Waals surface area contributed by atoms with Crippen molar-refractivity contribution in [3.05, 3.63) is 47.3 Å². The summed E-state index contributed by atoms with van der Waals surface area (Å²) in [5.74, 6) is -0.953. The van der Waals surface area contributed by atoms with Crippen LogP contribution in [0.25, 0.3) is 0 Å². The molecule has 2 aromatic rings. The van der Waals surface area contributed by atoms with Gasteiger partial charge in [-0.05, 0) is 24.1 Å². The van der Waals surface area contributed by atoms with E-state index in [0.29, 0.717) is 12.2 Å². The van der Waals surface area contributed by atoms with Gasteiger partial charge in [0.1, 0.15) is 5.56 Å². The number of aryl methyl sites for hydroxylation is 2. The molecule has 0 radical (unpaired) electrons. The first-order valence-corrected chi connectivity index (χ1v) is 6.18. The lowest BCUT2D eigenvalue weighted by Gasteiger charge is -2.08. The monoisotopic (exact) mass is 259 g/mol. The zero-order valence-electron chi connectivity index (χ0n) is 11.1. The zero-order chi connectivity index (χ0) is 13.8. The molecule has 5 heteroatoms. The molecule has 0 spiro atoms. The molecule has 0 saturated heterocycles. The van der Waals surface area contributed by atoms with Crippen molar-refractivity contribution in [3.8, 4) is 0 Å². The highest BCUT2D eigenvalue weighted by molar-refractivity contribution is 5.88. The van der Waals surface area contributed by atoms with Gasteiger partial charge >= 0.3 is 5.97 Å². The Morgan fingerprint density at radius 2 is 2.05 bits per heavy atom. The molecule has 2 N–H and O–H groups in total. The molecule has 1 aromatic heterocycles. The third kappa shape index (κ3) is 2.93. The van der Waals surface area contributed by atoms with Gasteiger partial charge in [0, 0.05) is 12.7 Å². The molecular formula is C14H17N3O2. The van der Waals surface area contributed by atoms with Gasteiger partial charge in [0.05, 0.1) is 18.4 Å². The fraction of sp³-hybridized carbons (Fsp3) is 0.286. The van der Waals surface area contributed by atoms with Gasteiger partial charge in [-0.3, -0.25) is 4.68 Å². The minimum absolute atomic E-state index is 0.236. The number of aromatic carboxylic acids is 1. The minimum atomic E-state index is -0.953. The summed E-state index contributed by atoms with van der Waals surface area (Å²) in [5, 5.41) is 16.2. The average Bonchev–Trinajstić information content (AvgIpc) is 2.78. The predicted molar refractivity (Wildman–Crippen MR) is 73.3 cm³/mol. The molecular weight excluding hydrogens is 242 g/mol. The third-order valence-corrected chi connectivity index (χ3v) is 3.11. The van der Waals surface area contributed by atoms with Crippen molar-refractivity contribution in [1.82, 2.24) is 9.78 Å². The number of benzene rings is 1. The highest BCUT2D eigenvalue weighted by atomic mass is 16.4. The van der Waals surface area contributed by atoms with Crippen LogP contribution in [0.5, 0.6) is 0 Å². The van der Waals surface area contributed by atoms with Crippen molar-refractivity contribution in [2.75, 3.05) is 5.32 Å². The SMILES string of the molecule is CCc1ccc(NCc2c(C(=O)O)cnn2C)cc1. The number of carboxylic acids is 1. The first-order valence-electron chi connectivity index (χ1n) is 6.18. The Morgan fingerprint density at radius 1 is 1.37 bits per heavy atom. The van der Waals surface area contributed by atoms with Crippen LogP contribution in [-0.2, 0) is 20.0 Å². The van der Waals surface area contributed by atoms with Crippen LogP contribution in [0.1, 0.15) is 28.5 Å². The summed E-state index contributed by atoms with van der Waals surface area (Å²) < 4.78 is 1.58. The quantitative estimate of drug-likeness (QED) is 0.864. The lowest BCUT2D eigenvalue weighted by Crippen LogP contribution is -2.10. The number of carboxylic acid groups (broad SMARTS) is 1. The third-order valence-electron chi connectivity index (χ3n) is 3.11. The van der Waals surface area contributed by atoms with Crippen LogP contribution in [0.4, 0.5) is 5.69 Å². The van der Waals surface area contributed by atoms with Gasteiger partial charge in [-0.2, -0.15) is 5.10 Å². The highest BCUT2D eigenvalue weighted by Crippen LogP contribution is 2.13. The number of rotatable bonds is 5. The molecule has 1 heterocycles. The van der Waals surface area contributed by atoms with Crippen LogP contribution < -0.4 is 5.32 Å². The van der Waals surface area contributed by atoms with Gasteiger partial charge in [-0.1, -0.05) is 19.1 Å². The molecule has 2 rings (SSSR count). The first-order chi connectivity index (χ1) is 9.11. The normalized spacial score (nSPS) is 10.4. The van der Waals surface area contributed by atoms with Crippen LogP contribution in [0.2, 0.25) is 0 Å². The Hall–Kier alpha value is -2.30. The maximum atomic E-state index is 11.0. The van der Waals surface area contributed by atoms with Crippen LogP contribution in [0.3, 0.4) is 0 Å². The van der Waals surface area contributed by atoms with Crippen molar-refractivity contribution in [2.45, 2.75) is 19.9 Å². The molecule has 1 aromatic carbocycles. The van der Waals surface area contributed by atoms with Gasteiger partial charge in [0.15, 0.2) is 0 Å². The van der Waals surface area contributed by atoms with Crippen LogP contribution in [0.15, 0.2) is 30.5 Å². The molecule has 0 bridgehead atoms. The smallest absolute Gasteiger partial charge is 0.339 e. The number of carbonyl (C=O) groups is 1. The van der Waals surface area contributed by atoms with E-state index in [1.54, 1.807) is 11.7 Å². The lowest BCUT2D eigenvalue weighted by atomic mass is 10.1. The summed E-state index contributed by atoms with van der Waals surface area (Å²) in [4.78, 5) is 11.0. The second-order valence-electron chi connectivity index (χ2n) is 4.34. The fourth-order valence-corrected chi connectivity index (χ4v) is 1.90. The van der Waals surface area contributed by atoms with Crippen molar-refractivity contribution in [2.24, 2.45) is 7.05 Å². The Kier molecular flexibility index (Phi) is 3.85. The van der Waals surface area contributed by atoms with Gasteiger partial charge in [0.2, 0.25) is 0 Å². The predicted octanol–water partition coefficient (Wildman–Crippen LogP) is 2.29. The fourth-order valence-electron chi connectivity index (χ4n) is 1.90. The Morgan fingerprint density at radius 3 is 2.63 bits per heavy atom. The molecule has 0 aliphatic carbocycles. The van der Waals surface area contributed by atoms with Crippen molar-refractivity contribution < 1.29 is 9.90 Å². The number of aromatic nitrogens is 2. The van der Waals surface area contributed by atoms with E-state index in [0.717, 1.165) is 12.1 Å². The van der Waals surface area contributed by atoms with E-state index in [-0.39, 0.29) is 5.56 Å². The number of hydrogen-bond donors (Lipinski definition) is 2. The second kappa shape index (κ2) is 5.56. The summed E-state index contributed by atoms with van der Waals surface area (Å²) in [5.41, 5.74) is 3.14. The topological polar surface area (TPSA) is 67.2 Å². The van der Waals surface area contributed by atoms with Crippen LogP contribution in [-0.4, -0.2) is 20.9 Å². The lowest BCUT2D eigenvalue weighted by molar-refractivity contribution is 0.0695. The molecule has 0 saturated carbocycles. The molecule has 0 aliphatic heterocycles. The molecule has 5 nitrogen and oxygen atoms in total. The molecule has 100 valence electrons. The van der Waals surface area contributed by atoms with Gasteiger partial charge in [-0.15, -0.1) is 0 Å². The Bertz CT molecular complexity index is 573. The Balaban J connectivity index is 2.09. The first kappa shape index (κ1) is 13.1. The number of nitrogens with zero attached hydrogens (tertiary/aromatic N) is 2. The number of nitrogens with one attached hydrogen (secondary N) is 1. The van der Waals surface area contributed by atoms with Gasteiger partial charge in [0.25, 0.3) is 0 Å². The molecule has 0 atom stereocenters. The van der Waals surface area contributed by atoms with E-state index in [1.165, 1.54) is 11.8 Å². The highest BCUT2D eigenvalue weighted by Gasteiger charge is 2.14. The Labute approximate surface area is 111 Å². The number of hydrogen-bond acceptors (Lipinski definition) is 3. The maximum Gasteiger partial charge on any atom is 0.339 e. The second-order valence-corrected chi connectivity index (χ2v) is 4.34. The van der Waals surface area contributed by atoms with E-state index in [1.807, 2.05) is 12.1 Å². The van der Waals surface area contributed by atoms with Crippen molar-refractivity contribution in [3.63, 3.8) is 0 Å². The summed E-state index contributed by atoms with van der Waals surface area (Å²) in [6, 6.07) is 8.11. The maximum absolute atomic E-state index is 11.0. The molecule has 0 fully saturated rings. The van der Waals surface area contributed by atoms with E-state index in [4.69, 9.17) is 5.11 Å². The van der Waals surface area contributed by atoms with Crippen molar-refractivity contribution in [1.29, 1.82) is 0 Å². The summed E-state index contributed by atoms with van der Waals surface area (Å²) in [6.45, 7) is 2.54. The van der Waals surface area contributed by atoms with E-state index >= 15 is 0 Å². The molecule has 0 aliphatic rings. The summed E-state index contributed by atoms with van der Waals surface area (Å²) in [7, 11) is 1.74. The van der Waals surface area contributed by atoms with Gasteiger partial charge in [-0.25, -0.2) is 4.79 Å². The number of anilines is 1. The van der Waals surface area contributed by atoms with E-state index in [2.05, 4.69) is 29.5 Å². The van der Waals surface area contributed by atoms with E-state index in [9.17, 15) is 4.79 Å². The summed E-state index contributed by atoms with van der Waals surface area (Å²) >= 11 is 0. The van der Waals surface area contributed by atoms with Crippen molar-refractivity contribution >= 4 is 11.7 Å². The van der Waals surface area contributed by atoms with Gasteiger partial charge < -0.3 is 10.4 Å². The standard InChI is InChI=1S/C14H17N3O2/c1-3-10-4-6-11(7-5-10)15-9-13-12(14(18)19)8-16-17(13)2/h4-8,15H,3,9H2,1-2H3,(H,18,19). The summed E-state index contributed by atoms with van der Waals surface area (Å²) in [6.07, 6.45) is 2.38. The molecule has 0 amide bonds. The molecule has 0 unspecified atom stereocenters. The average molecular weight is 259 g/mol. The largest absolute Gasteiger partial charge is 0.478 e. The molecule has 19 heavy (non-hydrogen) atoms. The van der Waals surface area contributed by atoms with Crippen LogP contribution in [0, 0.1) is 0 Å². The zero-order valence-corrected chi connectivity index (χ0v) is 11.1.